The van der Waals surface area contributed by atoms with E-state index in [1.165, 1.54) is 11.8 Å². The molecule has 22 heavy (non-hydrogen) atoms. The molecule has 0 saturated carbocycles. The first-order chi connectivity index (χ1) is 10.4. The molecule has 0 amide bonds. The van der Waals surface area contributed by atoms with Crippen molar-refractivity contribution in [2.45, 2.75) is 36.2 Å². The fraction of sp³-hybridized carbons (Fsp3) is 0.235. The summed E-state index contributed by atoms with van der Waals surface area (Å²) < 4.78 is 0. The second-order valence-corrected chi connectivity index (χ2v) is 7.12. The van der Waals surface area contributed by atoms with Gasteiger partial charge in [0.15, 0.2) is 5.16 Å². The Morgan fingerprint density at radius 1 is 1.00 bits per heavy atom. The highest BCUT2D eigenvalue weighted by atomic mass is 32.2. The number of hydrogen-bond acceptors (Lipinski definition) is 4. The molecule has 1 N–H and O–H groups in total. The van der Waals surface area contributed by atoms with Gasteiger partial charge in [0.2, 0.25) is 0 Å². The van der Waals surface area contributed by atoms with Crippen molar-refractivity contribution in [3.63, 3.8) is 0 Å². The Hall–Kier alpha value is -2.14. The summed E-state index contributed by atoms with van der Waals surface area (Å²) in [4.78, 5) is 24.0. The third-order valence-electron chi connectivity index (χ3n) is 3.29. The lowest BCUT2D eigenvalue weighted by atomic mass is 9.96. The molecule has 3 aromatic rings. The number of aromatic amines is 1. The van der Waals surface area contributed by atoms with Crippen molar-refractivity contribution >= 4 is 22.5 Å². The van der Waals surface area contributed by atoms with Crippen LogP contribution in [-0.4, -0.2) is 15.0 Å². The summed E-state index contributed by atoms with van der Waals surface area (Å²) in [5.41, 5.74) is -0.585. The molecule has 0 fully saturated rings. The van der Waals surface area contributed by atoms with Crippen LogP contribution in [0.15, 0.2) is 57.3 Å². The maximum absolute atomic E-state index is 11.8. The highest BCUT2D eigenvalue weighted by Gasteiger charge is 2.18. The van der Waals surface area contributed by atoms with Gasteiger partial charge in [-0.3, -0.25) is 4.98 Å². The minimum absolute atomic E-state index is 0.226. The molecule has 2 aromatic carbocycles. The lowest BCUT2D eigenvalue weighted by Crippen LogP contribution is -2.24. The van der Waals surface area contributed by atoms with Crippen molar-refractivity contribution in [2.24, 2.45) is 0 Å². The van der Waals surface area contributed by atoms with Crippen molar-refractivity contribution < 1.29 is 0 Å². The molecular formula is C17H17N3OS. The van der Waals surface area contributed by atoms with E-state index in [4.69, 9.17) is 0 Å². The molecule has 3 rings (SSSR count). The standard InChI is InChI=1S/C17H17N3OS/c1-17(2,3)14-18-15(21)20-16(19-14)22-13-10-6-8-11-7-4-5-9-12(11)13/h4-10H,1-3H3,(H,18,19,20,21). The van der Waals surface area contributed by atoms with Crippen LogP contribution in [0.5, 0.6) is 0 Å². The summed E-state index contributed by atoms with van der Waals surface area (Å²) in [6.07, 6.45) is 0. The predicted molar refractivity (Wildman–Crippen MR) is 89.4 cm³/mol. The lowest BCUT2D eigenvalue weighted by Gasteiger charge is -2.17. The molecule has 4 nitrogen and oxygen atoms in total. The molecule has 0 atom stereocenters. The summed E-state index contributed by atoms with van der Waals surface area (Å²) in [6, 6.07) is 14.2. The highest BCUT2D eigenvalue weighted by Crippen LogP contribution is 2.31. The third-order valence-corrected chi connectivity index (χ3v) is 4.23. The quantitative estimate of drug-likeness (QED) is 0.782. The minimum atomic E-state index is -0.359. The van der Waals surface area contributed by atoms with E-state index in [2.05, 4.69) is 33.2 Å². The lowest BCUT2D eigenvalue weighted by molar-refractivity contribution is 0.526. The summed E-state index contributed by atoms with van der Waals surface area (Å²) in [6.45, 7) is 6.03. The maximum Gasteiger partial charge on any atom is 0.348 e. The minimum Gasteiger partial charge on any atom is -0.293 e. The number of benzene rings is 2. The molecule has 0 aliphatic rings. The van der Waals surface area contributed by atoms with Gasteiger partial charge in [0.1, 0.15) is 5.82 Å². The van der Waals surface area contributed by atoms with Gasteiger partial charge in [0.05, 0.1) is 0 Å². The van der Waals surface area contributed by atoms with E-state index >= 15 is 0 Å². The first kappa shape index (κ1) is 14.8. The zero-order valence-electron chi connectivity index (χ0n) is 12.8. The fourth-order valence-corrected chi connectivity index (χ4v) is 3.05. The normalized spacial score (nSPS) is 11.8. The molecule has 0 saturated heterocycles. The van der Waals surface area contributed by atoms with Crippen LogP contribution < -0.4 is 5.69 Å². The largest absolute Gasteiger partial charge is 0.348 e. The number of H-pyrrole nitrogens is 1. The zero-order chi connectivity index (χ0) is 15.7. The second-order valence-electron chi connectivity index (χ2n) is 6.11. The van der Waals surface area contributed by atoms with Crippen molar-refractivity contribution in [3.8, 4) is 0 Å². The van der Waals surface area contributed by atoms with E-state index in [9.17, 15) is 4.79 Å². The van der Waals surface area contributed by atoms with Gasteiger partial charge in [-0.2, -0.15) is 4.98 Å². The van der Waals surface area contributed by atoms with Gasteiger partial charge >= 0.3 is 5.69 Å². The topological polar surface area (TPSA) is 58.6 Å². The SMILES string of the molecule is CC(C)(C)c1nc(Sc2cccc3ccccc23)nc(=O)[nH]1. The molecule has 5 heteroatoms. The molecule has 0 radical (unpaired) electrons. The van der Waals surface area contributed by atoms with E-state index in [0.717, 1.165) is 15.7 Å². The predicted octanol–water partition coefficient (Wildman–Crippen LogP) is 3.77. The fourth-order valence-electron chi connectivity index (χ4n) is 2.15. The van der Waals surface area contributed by atoms with Crippen LogP contribution in [0.1, 0.15) is 26.6 Å². The van der Waals surface area contributed by atoms with Crippen molar-refractivity contribution in [1.82, 2.24) is 15.0 Å². The molecule has 1 heterocycles. The van der Waals surface area contributed by atoms with Gasteiger partial charge in [-0.25, -0.2) is 9.78 Å². The Labute approximate surface area is 133 Å². The molecule has 0 aliphatic heterocycles. The van der Waals surface area contributed by atoms with Crippen LogP contribution in [0.2, 0.25) is 0 Å². The molecular weight excluding hydrogens is 294 g/mol. The number of rotatable bonds is 2. The van der Waals surface area contributed by atoms with Crippen LogP contribution in [-0.2, 0) is 5.41 Å². The average Bonchev–Trinajstić information content (AvgIpc) is 2.46. The van der Waals surface area contributed by atoms with Crippen LogP contribution in [0, 0.1) is 0 Å². The van der Waals surface area contributed by atoms with Crippen LogP contribution in [0.4, 0.5) is 0 Å². The Morgan fingerprint density at radius 2 is 1.73 bits per heavy atom. The Kier molecular flexibility index (Phi) is 3.74. The summed E-state index contributed by atoms with van der Waals surface area (Å²) in [5.74, 6) is 0.648. The first-order valence-corrected chi connectivity index (χ1v) is 7.89. The number of nitrogens with zero attached hydrogens (tertiary/aromatic N) is 2. The second kappa shape index (κ2) is 5.57. The van der Waals surface area contributed by atoms with E-state index < -0.39 is 0 Å². The Morgan fingerprint density at radius 3 is 2.50 bits per heavy atom. The Balaban J connectivity index is 2.06. The monoisotopic (exact) mass is 311 g/mol. The first-order valence-electron chi connectivity index (χ1n) is 7.08. The molecule has 0 spiro atoms. The molecule has 0 unspecified atom stereocenters. The van der Waals surface area contributed by atoms with Crippen LogP contribution in [0.3, 0.4) is 0 Å². The third kappa shape index (κ3) is 3.04. The van der Waals surface area contributed by atoms with Gasteiger partial charge in [0.25, 0.3) is 0 Å². The Bertz CT molecular complexity index is 875. The summed E-state index contributed by atoms with van der Waals surface area (Å²) in [7, 11) is 0. The molecule has 0 bridgehead atoms. The van der Waals surface area contributed by atoms with E-state index in [0.29, 0.717) is 11.0 Å². The van der Waals surface area contributed by atoms with E-state index in [-0.39, 0.29) is 11.1 Å². The number of aromatic nitrogens is 3. The smallest absolute Gasteiger partial charge is 0.293 e. The average molecular weight is 311 g/mol. The maximum atomic E-state index is 11.8. The van der Waals surface area contributed by atoms with Gasteiger partial charge in [-0.1, -0.05) is 57.2 Å². The zero-order valence-corrected chi connectivity index (χ0v) is 13.6. The number of hydrogen-bond donors (Lipinski definition) is 1. The van der Waals surface area contributed by atoms with E-state index in [1.807, 2.05) is 45.0 Å². The van der Waals surface area contributed by atoms with Crippen LogP contribution in [0.25, 0.3) is 10.8 Å². The van der Waals surface area contributed by atoms with E-state index in [1.54, 1.807) is 0 Å². The molecule has 112 valence electrons. The summed E-state index contributed by atoms with van der Waals surface area (Å²) >= 11 is 1.42. The van der Waals surface area contributed by atoms with Crippen molar-refractivity contribution in [1.29, 1.82) is 0 Å². The summed E-state index contributed by atoms with van der Waals surface area (Å²) in [5, 5.41) is 2.77. The molecule has 0 aliphatic carbocycles. The van der Waals surface area contributed by atoms with Crippen molar-refractivity contribution in [2.75, 3.05) is 0 Å². The van der Waals surface area contributed by atoms with Crippen molar-refractivity contribution in [3.05, 3.63) is 58.8 Å². The van der Waals surface area contributed by atoms with Gasteiger partial charge in [-0.05, 0) is 28.6 Å². The van der Waals surface area contributed by atoms with Gasteiger partial charge in [0, 0.05) is 10.3 Å². The number of fused-ring (bicyclic) bond motifs is 1. The van der Waals surface area contributed by atoms with Crippen LogP contribution >= 0.6 is 11.8 Å². The van der Waals surface area contributed by atoms with Gasteiger partial charge < -0.3 is 0 Å². The molecule has 1 aromatic heterocycles. The highest BCUT2D eigenvalue weighted by molar-refractivity contribution is 7.99. The number of nitrogens with one attached hydrogen (secondary N) is 1. The van der Waals surface area contributed by atoms with Gasteiger partial charge in [-0.15, -0.1) is 0 Å².